The van der Waals surface area contributed by atoms with Crippen molar-refractivity contribution in [3.05, 3.63) is 60.2 Å². The summed E-state index contributed by atoms with van der Waals surface area (Å²) in [5, 5.41) is 5.89. The highest BCUT2D eigenvalue weighted by atomic mass is 16.2. The van der Waals surface area contributed by atoms with Crippen LogP contribution in [0.4, 0.5) is 11.4 Å². The first-order valence-electron chi connectivity index (χ1n) is 10.9. The molecular weight excluding hydrogens is 376 g/mol. The first kappa shape index (κ1) is 20.4. The highest BCUT2D eigenvalue weighted by molar-refractivity contribution is 5.96. The van der Waals surface area contributed by atoms with E-state index in [4.69, 9.17) is 0 Å². The monoisotopic (exact) mass is 406 g/mol. The third-order valence-electron chi connectivity index (χ3n) is 5.79. The van der Waals surface area contributed by atoms with Crippen molar-refractivity contribution in [3.8, 4) is 0 Å². The van der Waals surface area contributed by atoms with Crippen LogP contribution in [-0.4, -0.2) is 56.0 Å². The van der Waals surface area contributed by atoms with E-state index in [9.17, 15) is 9.59 Å². The van der Waals surface area contributed by atoms with E-state index in [0.717, 1.165) is 57.7 Å². The molecule has 1 saturated carbocycles. The zero-order valence-electron chi connectivity index (χ0n) is 17.3. The van der Waals surface area contributed by atoms with Crippen LogP contribution < -0.4 is 15.5 Å². The van der Waals surface area contributed by atoms with Crippen molar-refractivity contribution in [2.45, 2.75) is 19.3 Å². The van der Waals surface area contributed by atoms with Gasteiger partial charge in [-0.3, -0.25) is 14.5 Å². The molecule has 1 aliphatic heterocycles. The first-order chi connectivity index (χ1) is 14.7. The fourth-order valence-corrected chi connectivity index (χ4v) is 3.77. The lowest BCUT2D eigenvalue weighted by Gasteiger charge is -2.36. The first-order valence-corrected chi connectivity index (χ1v) is 10.9. The van der Waals surface area contributed by atoms with Crippen molar-refractivity contribution in [2.24, 2.45) is 5.92 Å². The van der Waals surface area contributed by atoms with Gasteiger partial charge in [-0.15, -0.1) is 0 Å². The standard InChI is InChI=1S/C24H30N4O2/c29-23(19-9-11-21(12-10-19)26-24(30)20-7-8-20)25-13-4-14-27-15-17-28(18-16-27)22-5-2-1-3-6-22/h1-3,5-6,9-12,20H,4,7-8,13-18H2,(H,25,29)(H,26,30). The van der Waals surface area contributed by atoms with Crippen molar-refractivity contribution in [1.29, 1.82) is 0 Å². The van der Waals surface area contributed by atoms with Gasteiger partial charge in [-0.05, 0) is 62.2 Å². The van der Waals surface area contributed by atoms with E-state index in [2.05, 4.69) is 50.8 Å². The summed E-state index contributed by atoms with van der Waals surface area (Å²) >= 11 is 0. The van der Waals surface area contributed by atoms with E-state index in [0.29, 0.717) is 12.1 Å². The number of nitrogens with one attached hydrogen (secondary N) is 2. The third kappa shape index (κ3) is 5.60. The quantitative estimate of drug-likeness (QED) is 0.662. The smallest absolute Gasteiger partial charge is 0.251 e. The lowest BCUT2D eigenvalue weighted by Crippen LogP contribution is -2.47. The second-order valence-electron chi connectivity index (χ2n) is 8.11. The maximum absolute atomic E-state index is 12.3. The van der Waals surface area contributed by atoms with Gasteiger partial charge in [0, 0.05) is 55.6 Å². The molecule has 0 aromatic heterocycles. The molecule has 2 aromatic rings. The lowest BCUT2D eigenvalue weighted by atomic mass is 10.2. The lowest BCUT2D eigenvalue weighted by molar-refractivity contribution is -0.117. The molecule has 2 amide bonds. The number of para-hydroxylation sites is 1. The molecule has 0 radical (unpaired) electrons. The second kappa shape index (κ2) is 9.76. The molecule has 1 heterocycles. The highest BCUT2D eigenvalue weighted by Gasteiger charge is 2.29. The molecule has 0 bridgehead atoms. The second-order valence-corrected chi connectivity index (χ2v) is 8.11. The molecule has 30 heavy (non-hydrogen) atoms. The van der Waals surface area contributed by atoms with Crippen LogP contribution in [-0.2, 0) is 4.79 Å². The zero-order chi connectivity index (χ0) is 20.8. The van der Waals surface area contributed by atoms with Gasteiger partial charge in [-0.25, -0.2) is 0 Å². The van der Waals surface area contributed by atoms with Crippen molar-refractivity contribution in [3.63, 3.8) is 0 Å². The molecule has 2 aliphatic rings. The van der Waals surface area contributed by atoms with Crippen LogP contribution in [0.5, 0.6) is 0 Å². The Morgan fingerprint density at radius 3 is 2.27 bits per heavy atom. The molecule has 0 spiro atoms. The Morgan fingerprint density at radius 1 is 0.900 bits per heavy atom. The van der Waals surface area contributed by atoms with Gasteiger partial charge in [0.1, 0.15) is 0 Å². The Hall–Kier alpha value is -2.86. The van der Waals surface area contributed by atoms with E-state index in [1.165, 1.54) is 5.69 Å². The fourth-order valence-electron chi connectivity index (χ4n) is 3.77. The van der Waals surface area contributed by atoms with Crippen molar-refractivity contribution in [2.75, 3.05) is 49.5 Å². The van der Waals surface area contributed by atoms with E-state index in [-0.39, 0.29) is 17.7 Å². The summed E-state index contributed by atoms with van der Waals surface area (Å²) in [7, 11) is 0. The summed E-state index contributed by atoms with van der Waals surface area (Å²) in [6, 6.07) is 17.7. The Labute approximate surface area is 178 Å². The number of amides is 2. The normalized spacial score (nSPS) is 16.9. The number of rotatable bonds is 8. The molecule has 1 saturated heterocycles. The van der Waals surface area contributed by atoms with Gasteiger partial charge in [-0.2, -0.15) is 0 Å². The van der Waals surface area contributed by atoms with Crippen LogP contribution in [0.1, 0.15) is 29.6 Å². The summed E-state index contributed by atoms with van der Waals surface area (Å²) in [4.78, 5) is 29.0. The number of nitrogens with zero attached hydrogens (tertiary/aromatic N) is 2. The molecule has 6 heteroatoms. The number of hydrogen-bond acceptors (Lipinski definition) is 4. The maximum Gasteiger partial charge on any atom is 0.251 e. The van der Waals surface area contributed by atoms with E-state index in [1.54, 1.807) is 24.3 Å². The van der Waals surface area contributed by atoms with Crippen LogP contribution >= 0.6 is 0 Å². The number of carbonyl (C=O) groups excluding carboxylic acids is 2. The molecule has 1 aliphatic carbocycles. The van der Waals surface area contributed by atoms with Crippen LogP contribution in [0, 0.1) is 5.92 Å². The molecule has 4 rings (SSSR count). The van der Waals surface area contributed by atoms with Crippen LogP contribution in [0.3, 0.4) is 0 Å². The topological polar surface area (TPSA) is 64.7 Å². The maximum atomic E-state index is 12.3. The molecule has 0 unspecified atom stereocenters. The minimum atomic E-state index is -0.0658. The zero-order valence-corrected chi connectivity index (χ0v) is 17.3. The Kier molecular flexibility index (Phi) is 6.64. The predicted octanol–water partition coefficient (Wildman–Crippen LogP) is 2.98. The highest BCUT2D eigenvalue weighted by Crippen LogP contribution is 2.30. The van der Waals surface area contributed by atoms with E-state index < -0.39 is 0 Å². The number of carbonyl (C=O) groups is 2. The van der Waals surface area contributed by atoms with Crippen LogP contribution in [0.25, 0.3) is 0 Å². The predicted molar refractivity (Wildman–Crippen MR) is 120 cm³/mol. The molecule has 2 fully saturated rings. The van der Waals surface area contributed by atoms with Gasteiger partial charge in [0.2, 0.25) is 5.91 Å². The van der Waals surface area contributed by atoms with Crippen molar-refractivity contribution >= 4 is 23.2 Å². The average Bonchev–Trinajstić information content (AvgIpc) is 3.64. The van der Waals surface area contributed by atoms with Gasteiger partial charge >= 0.3 is 0 Å². The summed E-state index contributed by atoms with van der Waals surface area (Å²) in [5.41, 5.74) is 2.66. The Morgan fingerprint density at radius 2 is 1.60 bits per heavy atom. The van der Waals surface area contributed by atoms with Crippen molar-refractivity contribution < 1.29 is 9.59 Å². The number of hydrogen-bond donors (Lipinski definition) is 2. The van der Waals surface area contributed by atoms with Gasteiger partial charge < -0.3 is 15.5 Å². The van der Waals surface area contributed by atoms with Gasteiger partial charge in [0.25, 0.3) is 5.91 Å². The Bertz CT molecular complexity index is 841. The molecular formula is C24H30N4O2. The van der Waals surface area contributed by atoms with Crippen LogP contribution in [0.2, 0.25) is 0 Å². The Balaban J connectivity index is 1.13. The molecule has 2 aromatic carbocycles. The molecule has 0 atom stereocenters. The van der Waals surface area contributed by atoms with E-state index in [1.807, 2.05) is 0 Å². The summed E-state index contributed by atoms with van der Waals surface area (Å²) in [5.74, 6) is 0.190. The summed E-state index contributed by atoms with van der Waals surface area (Å²) in [6.45, 7) is 5.85. The van der Waals surface area contributed by atoms with Crippen molar-refractivity contribution in [1.82, 2.24) is 10.2 Å². The fraction of sp³-hybridized carbons (Fsp3) is 0.417. The van der Waals surface area contributed by atoms with Crippen LogP contribution in [0.15, 0.2) is 54.6 Å². The molecule has 158 valence electrons. The minimum Gasteiger partial charge on any atom is -0.369 e. The summed E-state index contributed by atoms with van der Waals surface area (Å²) in [6.07, 6.45) is 2.90. The number of benzene rings is 2. The third-order valence-corrected chi connectivity index (χ3v) is 5.79. The van der Waals surface area contributed by atoms with Gasteiger partial charge in [-0.1, -0.05) is 18.2 Å². The minimum absolute atomic E-state index is 0.0658. The van der Waals surface area contributed by atoms with Gasteiger partial charge in [0.15, 0.2) is 0 Å². The molecule has 2 N–H and O–H groups in total. The molecule has 6 nitrogen and oxygen atoms in total. The summed E-state index contributed by atoms with van der Waals surface area (Å²) < 4.78 is 0. The van der Waals surface area contributed by atoms with E-state index >= 15 is 0 Å². The average molecular weight is 407 g/mol. The largest absolute Gasteiger partial charge is 0.369 e. The number of piperazine rings is 1. The SMILES string of the molecule is O=C(NCCCN1CCN(c2ccccc2)CC1)c1ccc(NC(=O)C2CC2)cc1. The van der Waals surface area contributed by atoms with Gasteiger partial charge in [0.05, 0.1) is 0 Å². The number of anilines is 2.